The average Bonchev–Trinajstić information content (AvgIpc) is 2.43. The Morgan fingerprint density at radius 2 is 1.90 bits per heavy atom. The molecule has 0 amide bonds. The molecule has 0 bridgehead atoms. The van der Waals surface area contributed by atoms with Crippen LogP contribution in [0.1, 0.15) is 22.4 Å². The molecule has 1 aromatic heterocycles. The number of hydrogen-bond acceptors (Lipinski definition) is 3. The second-order valence-corrected chi connectivity index (χ2v) is 4.72. The number of nitrogens with zero attached hydrogens (tertiary/aromatic N) is 1. The van der Waals surface area contributed by atoms with Gasteiger partial charge in [0, 0.05) is 17.3 Å². The van der Waals surface area contributed by atoms with Gasteiger partial charge in [0.1, 0.15) is 12.4 Å². The molecule has 0 N–H and O–H groups in total. The number of aromatic nitrogens is 1. The van der Waals surface area contributed by atoms with E-state index in [1.54, 1.807) is 38.4 Å². The Hall–Kier alpha value is -2.10. The highest BCUT2D eigenvalue weighted by Gasteiger charge is 2.11. The van der Waals surface area contributed by atoms with E-state index in [1.807, 2.05) is 13.8 Å². The van der Waals surface area contributed by atoms with E-state index >= 15 is 0 Å². The minimum Gasteiger partial charge on any atom is -0.496 e. The summed E-state index contributed by atoms with van der Waals surface area (Å²) in [5.74, 6) is 0.707. The van der Waals surface area contributed by atoms with E-state index in [-0.39, 0.29) is 18.2 Å². The van der Waals surface area contributed by atoms with Crippen LogP contribution in [0.2, 0.25) is 0 Å². The van der Waals surface area contributed by atoms with Gasteiger partial charge in [-0.2, -0.15) is 0 Å². The second-order valence-electron chi connectivity index (χ2n) is 4.72. The van der Waals surface area contributed by atoms with Gasteiger partial charge in [0.25, 0.3) is 0 Å². The van der Waals surface area contributed by atoms with E-state index in [2.05, 4.69) is 4.98 Å². The summed E-state index contributed by atoms with van der Waals surface area (Å²) in [6.45, 7) is 5.78. The van der Waals surface area contributed by atoms with Crippen molar-refractivity contribution in [3.8, 4) is 11.5 Å². The Morgan fingerprint density at radius 3 is 2.60 bits per heavy atom. The van der Waals surface area contributed by atoms with Crippen molar-refractivity contribution in [1.29, 1.82) is 0 Å². The van der Waals surface area contributed by atoms with E-state index in [0.717, 1.165) is 22.6 Å². The van der Waals surface area contributed by atoms with Crippen molar-refractivity contribution < 1.29 is 13.9 Å². The summed E-state index contributed by atoms with van der Waals surface area (Å²) in [5, 5.41) is 0. The van der Waals surface area contributed by atoms with Crippen LogP contribution in [0.5, 0.6) is 11.5 Å². The summed E-state index contributed by atoms with van der Waals surface area (Å²) < 4.78 is 24.7. The van der Waals surface area contributed by atoms with Crippen LogP contribution in [0.15, 0.2) is 24.4 Å². The van der Waals surface area contributed by atoms with Crippen LogP contribution in [0, 0.1) is 26.6 Å². The Bertz CT molecular complexity index is 626. The molecule has 0 saturated carbocycles. The summed E-state index contributed by atoms with van der Waals surface area (Å²) in [6, 6.07) is 5.09. The Labute approximate surface area is 118 Å². The molecular weight excluding hydrogens is 257 g/mol. The van der Waals surface area contributed by atoms with Crippen LogP contribution in [-0.4, -0.2) is 12.1 Å². The number of ether oxygens (including phenoxy) is 2. The number of halogens is 1. The first-order valence-electron chi connectivity index (χ1n) is 6.41. The summed E-state index contributed by atoms with van der Waals surface area (Å²) in [6.07, 6.45) is 1.73. The molecule has 3 nitrogen and oxygen atoms in total. The lowest BCUT2D eigenvalue weighted by atomic mass is 10.1. The maximum atomic E-state index is 13.8. The van der Waals surface area contributed by atoms with Crippen LogP contribution in [0.3, 0.4) is 0 Å². The topological polar surface area (TPSA) is 31.4 Å². The SMILES string of the molecule is COc1c(C)cnc(COc2cccc(C)c2F)c1C. The largest absolute Gasteiger partial charge is 0.496 e. The zero-order chi connectivity index (χ0) is 14.7. The molecule has 0 spiro atoms. The van der Waals surface area contributed by atoms with Crippen molar-refractivity contribution in [3.05, 3.63) is 52.6 Å². The van der Waals surface area contributed by atoms with Crippen molar-refractivity contribution in [2.75, 3.05) is 7.11 Å². The molecule has 0 atom stereocenters. The van der Waals surface area contributed by atoms with E-state index < -0.39 is 0 Å². The lowest BCUT2D eigenvalue weighted by Crippen LogP contribution is -2.05. The lowest BCUT2D eigenvalue weighted by Gasteiger charge is -2.13. The Balaban J connectivity index is 2.21. The molecule has 0 fully saturated rings. The third kappa shape index (κ3) is 2.74. The molecule has 2 aromatic rings. The predicted octanol–water partition coefficient (Wildman–Crippen LogP) is 3.73. The predicted molar refractivity (Wildman–Crippen MR) is 75.7 cm³/mol. The first kappa shape index (κ1) is 14.3. The Morgan fingerprint density at radius 1 is 1.15 bits per heavy atom. The van der Waals surface area contributed by atoms with Crippen molar-refractivity contribution in [1.82, 2.24) is 4.98 Å². The van der Waals surface area contributed by atoms with Gasteiger partial charge in [0.15, 0.2) is 11.6 Å². The van der Waals surface area contributed by atoms with Crippen LogP contribution in [0.4, 0.5) is 4.39 Å². The highest BCUT2D eigenvalue weighted by molar-refractivity contribution is 5.41. The van der Waals surface area contributed by atoms with Gasteiger partial charge >= 0.3 is 0 Å². The molecule has 2 rings (SSSR count). The van der Waals surface area contributed by atoms with Gasteiger partial charge in [0.05, 0.1) is 12.8 Å². The van der Waals surface area contributed by atoms with E-state index in [0.29, 0.717) is 5.56 Å². The van der Waals surface area contributed by atoms with Gasteiger partial charge in [0.2, 0.25) is 0 Å². The zero-order valence-electron chi connectivity index (χ0n) is 12.2. The van der Waals surface area contributed by atoms with Crippen molar-refractivity contribution in [3.63, 3.8) is 0 Å². The van der Waals surface area contributed by atoms with E-state index in [1.165, 1.54) is 0 Å². The first-order chi connectivity index (χ1) is 9.54. The fraction of sp³-hybridized carbons (Fsp3) is 0.312. The minimum absolute atomic E-state index is 0.211. The van der Waals surface area contributed by atoms with Crippen molar-refractivity contribution in [2.24, 2.45) is 0 Å². The maximum Gasteiger partial charge on any atom is 0.167 e. The van der Waals surface area contributed by atoms with Crippen molar-refractivity contribution >= 4 is 0 Å². The summed E-state index contributed by atoms with van der Waals surface area (Å²) in [4.78, 5) is 4.33. The van der Waals surface area contributed by atoms with Crippen LogP contribution in [-0.2, 0) is 6.61 Å². The monoisotopic (exact) mass is 275 g/mol. The maximum absolute atomic E-state index is 13.8. The molecule has 4 heteroatoms. The van der Waals surface area contributed by atoms with Gasteiger partial charge in [-0.25, -0.2) is 4.39 Å². The Kier molecular flexibility index (Phi) is 4.23. The third-order valence-corrected chi connectivity index (χ3v) is 3.27. The van der Waals surface area contributed by atoms with E-state index in [4.69, 9.17) is 9.47 Å². The van der Waals surface area contributed by atoms with Gasteiger partial charge in [-0.05, 0) is 32.4 Å². The molecule has 0 radical (unpaired) electrons. The molecule has 1 aromatic carbocycles. The number of aryl methyl sites for hydroxylation is 2. The molecule has 106 valence electrons. The molecular formula is C16H18FNO2. The van der Waals surface area contributed by atoms with Gasteiger partial charge in [-0.1, -0.05) is 12.1 Å². The second kappa shape index (κ2) is 5.90. The van der Waals surface area contributed by atoms with Crippen molar-refractivity contribution in [2.45, 2.75) is 27.4 Å². The quantitative estimate of drug-likeness (QED) is 0.852. The van der Waals surface area contributed by atoms with Gasteiger partial charge < -0.3 is 9.47 Å². The standard InChI is InChI=1S/C16H18FNO2/c1-10-6-5-7-14(15(10)17)20-9-13-12(3)16(19-4)11(2)8-18-13/h5-8H,9H2,1-4H3. The zero-order valence-corrected chi connectivity index (χ0v) is 12.2. The summed E-state index contributed by atoms with van der Waals surface area (Å²) >= 11 is 0. The normalized spacial score (nSPS) is 10.4. The third-order valence-electron chi connectivity index (χ3n) is 3.27. The summed E-state index contributed by atoms with van der Waals surface area (Å²) in [7, 11) is 1.63. The van der Waals surface area contributed by atoms with Gasteiger partial charge in [-0.3, -0.25) is 4.98 Å². The molecule has 0 saturated heterocycles. The minimum atomic E-state index is -0.329. The fourth-order valence-electron chi connectivity index (χ4n) is 2.09. The lowest BCUT2D eigenvalue weighted by molar-refractivity contribution is 0.283. The molecule has 20 heavy (non-hydrogen) atoms. The molecule has 0 aliphatic carbocycles. The fourth-order valence-corrected chi connectivity index (χ4v) is 2.09. The summed E-state index contributed by atoms with van der Waals surface area (Å²) in [5.41, 5.74) is 3.19. The van der Waals surface area contributed by atoms with Crippen LogP contribution >= 0.6 is 0 Å². The number of rotatable bonds is 4. The molecule has 0 aliphatic rings. The smallest absolute Gasteiger partial charge is 0.167 e. The highest BCUT2D eigenvalue weighted by atomic mass is 19.1. The van der Waals surface area contributed by atoms with Crippen LogP contribution < -0.4 is 9.47 Å². The number of benzene rings is 1. The average molecular weight is 275 g/mol. The van der Waals surface area contributed by atoms with Crippen LogP contribution in [0.25, 0.3) is 0 Å². The number of methoxy groups -OCH3 is 1. The number of hydrogen-bond donors (Lipinski definition) is 0. The number of pyridine rings is 1. The highest BCUT2D eigenvalue weighted by Crippen LogP contribution is 2.26. The molecule has 1 heterocycles. The molecule has 0 unspecified atom stereocenters. The first-order valence-corrected chi connectivity index (χ1v) is 6.41. The molecule has 0 aliphatic heterocycles. The van der Waals surface area contributed by atoms with E-state index in [9.17, 15) is 4.39 Å². The van der Waals surface area contributed by atoms with Gasteiger partial charge in [-0.15, -0.1) is 0 Å².